The van der Waals surface area contributed by atoms with E-state index in [9.17, 15) is 13.2 Å². The van der Waals surface area contributed by atoms with E-state index in [0.29, 0.717) is 31.6 Å². The van der Waals surface area contributed by atoms with Crippen LogP contribution >= 0.6 is 0 Å². The van der Waals surface area contributed by atoms with Gasteiger partial charge in [-0.15, -0.1) is 0 Å². The van der Waals surface area contributed by atoms with Crippen molar-refractivity contribution in [2.45, 2.75) is 25.1 Å². The van der Waals surface area contributed by atoms with Crippen LogP contribution in [0.15, 0.2) is 18.2 Å². The molecule has 0 amide bonds. The average Bonchev–Trinajstić information content (AvgIpc) is 2.87. The van der Waals surface area contributed by atoms with Gasteiger partial charge in [0.05, 0.1) is 11.7 Å². The van der Waals surface area contributed by atoms with Gasteiger partial charge in [-0.2, -0.15) is 13.2 Å². The molecule has 1 saturated heterocycles. The van der Waals surface area contributed by atoms with Gasteiger partial charge in [-0.05, 0) is 37.1 Å². The molecule has 6 heteroatoms. The summed E-state index contributed by atoms with van der Waals surface area (Å²) < 4.78 is 44.8. The fourth-order valence-electron chi connectivity index (χ4n) is 2.55. The summed E-state index contributed by atoms with van der Waals surface area (Å²) in [4.78, 5) is 1.74. The van der Waals surface area contributed by atoms with Crippen molar-refractivity contribution in [2.24, 2.45) is 5.73 Å². The number of halogens is 3. The van der Waals surface area contributed by atoms with E-state index in [0.717, 1.165) is 6.42 Å². The van der Waals surface area contributed by atoms with E-state index in [2.05, 4.69) is 0 Å². The summed E-state index contributed by atoms with van der Waals surface area (Å²) in [6.45, 7) is 1.42. The molecule has 0 aliphatic carbocycles. The normalized spacial score (nSPS) is 19.6. The van der Waals surface area contributed by atoms with Crippen molar-refractivity contribution in [3.05, 3.63) is 29.3 Å². The Morgan fingerprint density at radius 3 is 2.70 bits per heavy atom. The highest BCUT2D eigenvalue weighted by Gasteiger charge is 2.36. The summed E-state index contributed by atoms with van der Waals surface area (Å²) in [7, 11) is 1.59. The molecule has 1 aromatic carbocycles. The summed E-state index contributed by atoms with van der Waals surface area (Å²) in [5.74, 6) is 0. The maximum Gasteiger partial charge on any atom is 0.418 e. The minimum atomic E-state index is -4.36. The number of alkyl halides is 3. The van der Waals surface area contributed by atoms with E-state index >= 15 is 0 Å². The van der Waals surface area contributed by atoms with E-state index < -0.39 is 11.7 Å². The van der Waals surface area contributed by atoms with Gasteiger partial charge in [-0.1, -0.05) is 6.07 Å². The summed E-state index contributed by atoms with van der Waals surface area (Å²) >= 11 is 0. The van der Waals surface area contributed by atoms with Crippen LogP contribution in [-0.2, 0) is 17.3 Å². The summed E-state index contributed by atoms with van der Waals surface area (Å²) in [5.41, 5.74) is 5.68. The van der Waals surface area contributed by atoms with Gasteiger partial charge in [0.25, 0.3) is 0 Å². The van der Waals surface area contributed by atoms with Gasteiger partial charge in [-0.3, -0.25) is 0 Å². The van der Waals surface area contributed by atoms with Crippen molar-refractivity contribution in [1.82, 2.24) is 0 Å². The molecule has 20 heavy (non-hydrogen) atoms. The number of hydrogen-bond acceptors (Lipinski definition) is 3. The third-order valence-electron chi connectivity index (χ3n) is 3.62. The molecule has 0 aromatic heterocycles. The molecule has 0 bridgehead atoms. The summed E-state index contributed by atoms with van der Waals surface area (Å²) in [6.07, 6.45) is -3.16. The molecule has 0 spiro atoms. The van der Waals surface area contributed by atoms with Gasteiger partial charge in [0.15, 0.2) is 0 Å². The van der Waals surface area contributed by atoms with E-state index in [1.54, 1.807) is 24.1 Å². The van der Waals surface area contributed by atoms with Crippen LogP contribution in [0.2, 0.25) is 0 Å². The van der Waals surface area contributed by atoms with Crippen LogP contribution in [0.4, 0.5) is 18.9 Å². The molecule has 1 heterocycles. The average molecular weight is 288 g/mol. The largest absolute Gasteiger partial charge is 0.418 e. The third kappa shape index (κ3) is 3.24. The number of nitrogens with two attached hydrogens (primary N) is 1. The lowest BCUT2D eigenvalue weighted by atomic mass is 10.0. The second kappa shape index (κ2) is 6.01. The number of anilines is 1. The Labute approximate surface area is 116 Å². The molecule has 1 atom stereocenters. The van der Waals surface area contributed by atoms with Crippen LogP contribution in [0.1, 0.15) is 17.5 Å². The first-order valence-corrected chi connectivity index (χ1v) is 6.63. The maximum absolute atomic E-state index is 13.2. The zero-order chi connectivity index (χ0) is 14.8. The predicted molar refractivity (Wildman–Crippen MR) is 71.8 cm³/mol. The van der Waals surface area contributed by atoms with Gasteiger partial charge in [0.1, 0.15) is 0 Å². The topological polar surface area (TPSA) is 38.5 Å². The second-order valence-corrected chi connectivity index (χ2v) is 4.98. The smallest absolute Gasteiger partial charge is 0.380 e. The molecule has 0 radical (unpaired) electrons. The monoisotopic (exact) mass is 288 g/mol. The fourth-order valence-corrected chi connectivity index (χ4v) is 2.55. The van der Waals surface area contributed by atoms with Crippen LogP contribution < -0.4 is 10.6 Å². The zero-order valence-electron chi connectivity index (χ0n) is 11.4. The molecule has 1 unspecified atom stereocenters. The van der Waals surface area contributed by atoms with Crippen molar-refractivity contribution in [3.8, 4) is 0 Å². The van der Waals surface area contributed by atoms with Gasteiger partial charge >= 0.3 is 6.18 Å². The van der Waals surface area contributed by atoms with Crippen molar-refractivity contribution in [2.75, 3.05) is 31.6 Å². The van der Waals surface area contributed by atoms with Crippen molar-refractivity contribution < 1.29 is 17.9 Å². The molecule has 1 aliphatic heterocycles. The van der Waals surface area contributed by atoms with Crippen molar-refractivity contribution in [1.29, 1.82) is 0 Å². The van der Waals surface area contributed by atoms with Crippen molar-refractivity contribution in [3.63, 3.8) is 0 Å². The SMILES string of the molecule is COC1CCN(c2ccc(CCN)cc2C(F)(F)F)C1. The Morgan fingerprint density at radius 1 is 1.40 bits per heavy atom. The van der Waals surface area contributed by atoms with Gasteiger partial charge in [0, 0.05) is 25.9 Å². The predicted octanol–water partition coefficient (Wildman–Crippen LogP) is 2.43. The van der Waals surface area contributed by atoms with Gasteiger partial charge in [-0.25, -0.2) is 0 Å². The third-order valence-corrected chi connectivity index (χ3v) is 3.62. The van der Waals surface area contributed by atoms with Crippen LogP contribution in [0.3, 0.4) is 0 Å². The molecule has 1 aliphatic rings. The molecular weight excluding hydrogens is 269 g/mol. The molecular formula is C14H19F3N2O. The molecule has 1 fully saturated rings. The van der Waals surface area contributed by atoms with Crippen LogP contribution in [0, 0.1) is 0 Å². The molecule has 0 saturated carbocycles. The summed E-state index contributed by atoms with van der Waals surface area (Å²) in [6, 6.07) is 4.48. The Bertz CT molecular complexity index is 462. The van der Waals surface area contributed by atoms with Gasteiger partial charge in [0.2, 0.25) is 0 Å². The quantitative estimate of drug-likeness (QED) is 0.925. The molecule has 3 nitrogen and oxygen atoms in total. The van der Waals surface area contributed by atoms with Crippen LogP contribution in [0.25, 0.3) is 0 Å². The highest BCUT2D eigenvalue weighted by Crippen LogP contribution is 2.38. The Morgan fingerprint density at radius 2 is 2.15 bits per heavy atom. The van der Waals surface area contributed by atoms with Crippen LogP contribution in [-0.4, -0.2) is 32.8 Å². The highest BCUT2D eigenvalue weighted by atomic mass is 19.4. The Hall–Kier alpha value is -1.27. The van der Waals surface area contributed by atoms with Gasteiger partial charge < -0.3 is 15.4 Å². The molecule has 1 aromatic rings. The second-order valence-electron chi connectivity index (χ2n) is 4.98. The minimum Gasteiger partial charge on any atom is -0.380 e. The maximum atomic E-state index is 13.2. The standard InChI is InChI=1S/C14H19F3N2O/c1-20-11-5-7-19(9-11)13-3-2-10(4-6-18)8-12(13)14(15,16)17/h2-3,8,11H,4-7,9,18H2,1H3. The molecule has 2 rings (SSSR count). The number of hydrogen-bond donors (Lipinski definition) is 1. The Balaban J connectivity index is 2.32. The first-order valence-electron chi connectivity index (χ1n) is 6.63. The lowest BCUT2D eigenvalue weighted by molar-refractivity contribution is -0.137. The summed E-state index contributed by atoms with van der Waals surface area (Å²) in [5, 5.41) is 0. The minimum absolute atomic E-state index is 0.000183. The molecule has 112 valence electrons. The van der Waals surface area contributed by atoms with Crippen molar-refractivity contribution >= 4 is 5.69 Å². The van der Waals surface area contributed by atoms with E-state index in [-0.39, 0.29) is 11.8 Å². The van der Waals surface area contributed by atoms with E-state index in [1.165, 1.54) is 6.07 Å². The number of benzene rings is 1. The van der Waals surface area contributed by atoms with Crippen LogP contribution in [0.5, 0.6) is 0 Å². The highest BCUT2D eigenvalue weighted by molar-refractivity contribution is 5.57. The van der Waals surface area contributed by atoms with E-state index in [1.807, 2.05) is 0 Å². The Kier molecular flexibility index (Phi) is 4.55. The lowest BCUT2D eigenvalue weighted by Crippen LogP contribution is -2.25. The number of nitrogens with zero attached hydrogens (tertiary/aromatic N) is 1. The zero-order valence-corrected chi connectivity index (χ0v) is 11.4. The first kappa shape index (κ1) is 15.1. The molecule has 2 N–H and O–H groups in total. The lowest BCUT2D eigenvalue weighted by Gasteiger charge is -2.23. The number of ether oxygens (including phenoxy) is 1. The number of methoxy groups -OCH3 is 1. The first-order chi connectivity index (χ1) is 9.45. The fraction of sp³-hybridized carbons (Fsp3) is 0.571. The number of rotatable bonds is 4. The van der Waals surface area contributed by atoms with E-state index in [4.69, 9.17) is 10.5 Å².